The standard InChI is InChI=1S/C13H15ClN2O2/c1-13(2,7-10(17)18)8-5-4-6-9-11(8)12(14)15-16(9)3/h4-6H,7H2,1-3H3,(H,17,18). The van der Waals surface area contributed by atoms with E-state index >= 15 is 0 Å². The molecule has 4 nitrogen and oxygen atoms in total. The summed E-state index contributed by atoms with van der Waals surface area (Å²) < 4.78 is 1.71. The average Bonchev–Trinajstić information content (AvgIpc) is 2.53. The Kier molecular flexibility index (Phi) is 3.07. The first kappa shape index (κ1) is 12.9. The SMILES string of the molecule is Cn1nc(Cl)c2c(C(C)(C)CC(=O)O)cccc21. The molecule has 0 unspecified atom stereocenters. The maximum absolute atomic E-state index is 11.0. The summed E-state index contributed by atoms with van der Waals surface area (Å²) in [6.45, 7) is 3.80. The number of aryl methyl sites for hydroxylation is 1. The number of carbonyl (C=O) groups is 1. The largest absolute Gasteiger partial charge is 0.481 e. The molecule has 2 aromatic rings. The molecule has 0 aliphatic carbocycles. The molecule has 0 amide bonds. The van der Waals surface area contributed by atoms with Gasteiger partial charge in [-0.25, -0.2) is 0 Å². The van der Waals surface area contributed by atoms with Gasteiger partial charge in [-0.1, -0.05) is 37.6 Å². The molecule has 0 aliphatic rings. The van der Waals surface area contributed by atoms with Gasteiger partial charge in [-0.3, -0.25) is 9.48 Å². The number of carboxylic acids is 1. The number of fused-ring (bicyclic) bond motifs is 1. The summed E-state index contributed by atoms with van der Waals surface area (Å²) in [5.74, 6) is -0.822. The van der Waals surface area contributed by atoms with Crippen LogP contribution in [-0.4, -0.2) is 20.9 Å². The zero-order valence-electron chi connectivity index (χ0n) is 10.6. The van der Waals surface area contributed by atoms with E-state index < -0.39 is 11.4 Å². The second-order valence-electron chi connectivity index (χ2n) is 5.07. The minimum Gasteiger partial charge on any atom is -0.481 e. The number of rotatable bonds is 3. The molecule has 0 saturated carbocycles. The summed E-state index contributed by atoms with van der Waals surface area (Å²) in [5.41, 5.74) is 1.34. The number of nitrogens with zero attached hydrogens (tertiary/aromatic N) is 2. The lowest BCUT2D eigenvalue weighted by atomic mass is 9.80. The van der Waals surface area contributed by atoms with Gasteiger partial charge in [0.15, 0.2) is 5.15 Å². The van der Waals surface area contributed by atoms with Gasteiger partial charge >= 0.3 is 5.97 Å². The molecule has 5 heteroatoms. The summed E-state index contributed by atoms with van der Waals surface area (Å²) in [5, 5.41) is 14.4. The number of aliphatic carboxylic acids is 1. The Hall–Kier alpha value is -1.55. The fourth-order valence-corrected chi connectivity index (χ4v) is 2.61. The first-order chi connectivity index (χ1) is 8.33. The van der Waals surface area contributed by atoms with Crippen molar-refractivity contribution in [2.24, 2.45) is 7.05 Å². The van der Waals surface area contributed by atoms with E-state index in [4.69, 9.17) is 16.7 Å². The lowest BCUT2D eigenvalue weighted by molar-refractivity contribution is -0.138. The molecule has 1 heterocycles. The van der Waals surface area contributed by atoms with E-state index in [1.807, 2.05) is 39.1 Å². The van der Waals surface area contributed by atoms with Crippen LogP contribution in [0.2, 0.25) is 5.15 Å². The molecular weight excluding hydrogens is 252 g/mol. The van der Waals surface area contributed by atoms with E-state index in [1.165, 1.54) is 0 Å². The zero-order valence-corrected chi connectivity index (χ0v) is 11.3. The summed E-state index contributed by atoms with van der Waals surface area (Å²) in [6.07, 6.45) is 0.0529. The Morgan fingerprint density at radius 2 is 2.17 bits per heavy atom. The third kappa shape index (κ3) is 2.08. The minimum absolute atomic E-state index is 0.0529. The van der Waals surface area contributed by atoms with Crippen molar-refractivity contribution in [3.8, 4) is 0 Å². The van der Waals surface area contributed by atoms with Crippen molar-refractivity contribution in [1.82, 2.24) is 9.78 Å². The van der Waals surface area contributed by atoms with Crippen molar-refractivity contribution in [3.63, 3.8) is 0 Å². The van der Waals surface area contributed by atoms with E-state index in [0.29, 0.717) is 5.15 Å². The van der Waals surface area contributed by atoms with Crippen LogP contribution < -0.4 is 0 Å². The highest BCUT2D eigenvalue weighted by Crippen LogP contribution is 2.36. The Labute approximate surface area is 110 Å². The normalized spacial score (nSPS) is 12.0. The number of hydrogen-bond donors (Lipinski definition) is 1. The van der Waals surface area contributed by atoms with Crippen molar-refractivity contribution >= 4 is 28.5 Å². The minimum atomic E-state index is -0.822. The maximum Gasteiger partial charge on any atom is 0.304 e. The van der Waals surface area contributed by atoms with Gasteiger partial charge in [0.2, 0.25) is 0 Å². The molecule has 1 N–H and O–H groups in total. The molecule has 1 aromatic heterocycles. The lowest BCUT2D eigenvalue weighted by Gasteiger charge is -2.24. The van der Waals surface area contributed by atoms with Gasteiger partial charge in [0.1, 0.15) is 0 Å². The average molecular weight is 267 g/mol. The van der Waals surface area contributed by atoms with Crippen LogP contribution in [0.4, 0.5) is 0 Å². The number of halogens is 1. The highest BCUT2D eigenvalue weighted by Gasteiger charge is 2.27. The molecule has 0 aliphatic heterocycles. The van der Waals surface area contributed by atoms with Gasteiger partial charge in [0.25, 0.3) is 0 Å². The van der Waals surface area contributed by atoms with Gasteiger partial charge < -0.3 is 5.11 Å². The quantitative estimate of drug-likeness (QED) is 0.929. The summed E-state index contributed by atoms with van der Waals surface area (Å²) in [6, 6.07) is 5.74. The Morgan fingerprint density at radius 1 is 1.50 bits per heavy atom. The van der Waals surface area contributed by atoms with Crippen LogP contribution in [0.5, 0.6) is 0 Å². The summed E-state index contributed by atoms with van der Waals surface area (Å²) >= 11 is 6.15. The predicted molar refractivity (Wildman–Crippen MR) is 71.0 cm³/mol. The molecule has 0 atom stereocenters. The Bertz CT molecular complexity index is 617. The molecule has 18 heavy (non-hydrogen) atoms. The van der Waals surface area contributed by atoms with Crippen molar-refractivity contribution in [2.45, 2.75) is 25.7 Å². The van der Waals surface area contributed by atoms with Crippen LogP contribution in [-0.2, 0) is 17.3 Å². The molecule has 0 radical (unpaired) electrons. The summed E-state index contributed by atoms with van der Waals surface area (Å²) in [7, 11) is 1.82. The van der Waals surface area contributed by atoms with Gasteiger partial charge in [-0.05, 0) is 11.6 Å². The first-order valence-corrected chi connectivity index (χ1v) is 6.04. The third-order valence-corrected chi connectivity index (χ3v) is 3.42. The van der Waals surface area contributed by atoms with Crippen molar-refractivity contribution in [2.75, 3.05) is 0 Å². The van der Waals surface area contributed by atoms with Gasteiger partial charge in [0.05, 0.1) is 11.9 Å². The molecule has 0 saturated heterocycles. The predicted octanol–water partition coefficient (Wildman–Crippen LogP) is 2.98. The molecular formula is C13H15ClN2O2. The van der Waals surface area contributed by atoms with Crippen molar-refractivity contribution in [1.29, 1.82) is 0 Å². The molecule has 0 spiro atoms. The van der Waals surface area contributed by atoms with Gasteiger partial charge in [-0.15, -0.1) is 0 Å². The number of hydrogen-bond acceptors (Lipinski definition) is 2. The number of carboxylic acid groups (broad SMARTS) is 1. The van der Waals surface area contributed by atoms with Crippen LogP contribution in [0, 0.1) is 0 Å². The first-order valence-electron chi connectivity index (χ1n) is 5.66. The van der Waals surface area contributed by atoms with Crippen molar-refractivity contribution in [3.05, 3.63) is 28.9 Å². The zero-order chi connectivity index (χ0) is 13.5. The highest BCUT2D eigenvalue weighted by atomic mass is 35.5. The Morgan fingerprint density at radius 3 is 2.78 bits per heavy atom. The topological polar surface area (TPSA) is 55.1 Å². The second kappa shape index (κ2) is 4.28. The number of aromatic nitrogens is 2. The van der Waals surface area contributed by atoms with E-state index in [-0.39, 0.29) is 6.42 Å². The molecule has 2 rings (SSSR count). The molecule has 0 bridgehead atoms. The summed E-state index contributed by atoms with van der Waals surface area (Å²) in [4.78, 5) is 11.0. The van der Waals surface area contributed by atoms with E-state index in [9.17, 15) is 4.79 Å². The fraction of sp³-hybridized carbons (Fsp3) is 0.385. The van der Waals surface area contributed by atoms with Gasteiger partial charge in [0, 0.05) is 17.8 Å². The second-order valence-corrected chi connectivity index (χ2v) is 5.43. The van der Waals surface area contributed by atoms with Crippen LogP contribution in [0.25, 0.3) is 10.9 Å². The Balaban J connectivity index is 2.68. The molecule has 96 valence electrons. The third-order valence-electron chi connectivity index (χ3n) is 3.16. The van der Waals surface area contributed by atoms with E-state index in [2.05, 4.69) is 5.10 Å². The fourth-order valence-electron chi connectivity index (χ4n) is 2.30. The van der Waals surface area contributed by atoms with Crippen LogP contribution in [0.3, 0.4) is 0 Å². The smallest absolute Gasteiger partial charge is 0.304 e. The molecule has 1 aromatic carbocycles. The monoisotopic (exact) mass is 266 g/mol. The number of benzene rings is 1. The van der Waals surface area contributed by atoms with E-state index in [1.54, 1.807) is 4.68 Å². The van der Waals surface area contributed by atoms with Crippen LogP contribution >= 0.6 is 11.6 Å². The molecule has 0 fully saturated rings. The maximum atomic E-state index is 11.0. The van der Waals surface area contributed by atoms with Gasteiger partial charge in [-0.2, -0.15) is 5.10 Å². The lowest BCUT2D eigenvalue weighted by Crippen LogP contribution is -2.21. The van der Waals surface area contributed by atoms with E-state index in [0.717, 1.165) is 16.5 Å². The highest BCUT2D eigenvalue weighted by molar-refractivity contribution is 6.34. The van der Waals surface area contributed by atoms with Crippen LogP contribution in [0.15, 0.2) is 18.2 Å². The van der Waals surface area contributed by atoms with Crippen LogP contribution in [0.1, 0.15) is 25.8 Å². The van der Waals surface area contributed by atoms with Crippen molar-refractivity contribution < 1.29 is 9.90 Å².